The predicted molar refractivity (Wildman–Crippen MR) is 76.4 cm³/mol. The molecular weight excluding hydrogens is 262 g/mol. The molecule has 0 fully saturated rings. The van der Waals surface area contributed by atoms with E-state index in [0.717, 1.165) is 18.9 Å². The molecule has 3 nitrogen and oxygen atoms in total. The Morgan fingerprint density at radius 2 is 1.80 bits per heavy atom. The number of benzene rings is 1. The van der Waals surface area contributed by atoms with Gasteiger partial charge in [-0.15, -0.1) is 0 Å². The molecule has 0 unspecified atom stereocenters. The average molecular weight is 284 g/mol. The lowest BCUT2D eigenvalue weighted by Gasteiger charge is -2.25. The Kier molecular flexibility index (Phi) is 5.92. The number of hydrogen-bond acceptors (Lipinski definition) is 2. The van der Waals surface area contributed by atoms with E-state index in [9.17, 15) is 13.6 Å². The number of nitrogens with zero attached hydrogens (tertiary/aromatic N) is 1. The molecule has 1 aromatic carbocycles. The number of carbonyl (C=O) groups excluding carboxylic acids is 1. The maximum Gasteiger partial charge on any atom is 0.256 e. The van der Waals surface area contributed by atoms with Gasteiger partial charge in [0.05, 0.1) is 11.3 Å². The number of carbonyl (C=O) groups is 1. The molecule has 112 valence electrons. The standard InChI is InChI=1S/C15H22F2N2O/c1-4-10(5-2)9-19(6-3)15(20)11-7-14(18)13(17)8-12(11)16/h7-8,10H,4-6,9,18H2,1-3H3. The fourth-order valence-corrected chi connectivity index (χ4v) is 2.11. The van der Waals surface area contributed by atoms with Crippen molar-refractivity contribution in [3.8, 4) is 0 Å². The molecular formula is C15H22F2N2O. The Hall–Kier alpha value is -1.65. The van der Waals surface area contributed by atoms with Crippen LogP contribution in [0.1, 0.15) is 44.0 Å². The molecule has 0 aliphatic carbocycles. The zero-order valence-corrected chi connectivity index (χ0v) is 12.2. The summed E-state index contributed by atoms with van der Waals surface area (Å²) in [5, 5.41) is 0. The van der Waals surface area contributed by atoms with E-state index in [1.54, 1.807) is 4.90 Å². The third-order valence-electron chi connectivity index (χ3n) is 3.62. The number of hydrogen-bond donors (Lipinski definition) is 1. The van der Waals surface area contributed by atoms with E-state index in [1.165, 1.54) is 0 Å². The van der Waals surface area contributed by atoms with Gasteiger partial charge in [-0.25, -0.2) is 8.78 Å². The lowest BCUT2D eigenvalue weighted by atomic mass is 10.0. The van der Waals surface area contributed by atoms with Gasteiger partial charge in [0, 0.05) is 19.2 Å². The van der Waals surface area contributed by atoms with Gasteiger partial charge in [-0.3, -0.25) is 4.79 Å². The Morgan fingerprint density at radius 1 is 1.20 bits per heavy atom. The number of rotatable bonds is 6. The van der Waals surface area contributed by atoms with Crippen molar-refractivity contribution in [2.45, 2.75) is 33.6 Å². The van der Waals surface area contributed by atoms with Crippen LogP contribution in [-0.4, -0.2) is 23.9 Å². The first-order valence-electron chi connectivity index (χ1n) is 6.98. The van der Waals surface area contributed by atoms with Crippen LogP contribution in [0.25, 0.3) is 0 Å². The van der Waals surface area contributed by atoms with Crippen LogP contribution in [0.3, 0.4) is 0 Å². The first-order valence-corrected chi connectivity index (χ1v) is 6.98. The minimum Gasteiger partial charge on any atom is -0.396 e. The number of amides is 1. The highest BCUT2D eigenvalue weighted by atomic mass is 19.1. The van der Waals surface area contributed by atoms with E-state index < -0.39 is 17.5 Å². The molecule has 0 aliphatic heterocycles. The Bertz CT molecular complexity index is 473. The lowest BCUT2D eigenvalue weighted by Crippen LogP contribution is -2.35. The second-order valence-electron chi connectivity index (χ2n) is 4.88. The molecule has 1 rings (SSSR count). The second-order valence-corrected chi connectivity index (χ2v) is 4.88. The molecule has 5 heteroatoms. The van der Waals surface area contributed by atoms with Crippen molar-refractivity contribution in [3.05, 3.63) is 29.3 Å². The SMILES string of the molecule is CCC(CC)CN(CC)C(=O)c1cc(N)c(F)cc1F. The Morgan fingerprint density at radius 3 is 2.30 bits per heavy atom. The number of halogens is 2. The van der Waals surface area contributed by atoms with E-state index in [0.29, 0.717) is 25.1 Å². The summed E-state index contributed by atoms with van der Waals surface area (Å²) in [5.41, 5.74) is 5.03. The van der Waals surface area contributed by atoms with Crippen LogP contribution >= 0.6 is 0 Å². The molecule has 0 heterocycles. The van der Waals surface area contributed by atoms with Crippen molar-refractivity contribution in [1.29, 1.82) is 0 Å². The molecule has 2 N–H and O–H groups in total. The van der Waals surface area contributed by atoms with Crippen molar-refractivity contribution >= 4 is 11.6 Å². The van der Waals surface area contributed by atoms with Gasteiger partial charge in [0.1, 0.15) is 11.6 Å². The van der Waals surface area contributed by atoms with Crippen LogP contribution in [0.5, 0.6) is 0 Å². The van der Waals surface area contributed by atoms with Crippen molar-refractivity contribution in [3.63, 3.8) is 0 Å². The summed E-state index contributed by atoms with van der Waals surface area (Å²) < 4.78 is 26.9. The molecule has 0 radical (unpaired) electrons. The molecule has 1 amide bonds. The normalized spacial score (nSPS) is 10.9. The van der Waals surface area contributed by atoms with Gasteiger partial charge in [0.2, 0.25) is 0 Å². The van der Waals surface area contributed by atoms with Crippen molar-refractivity contribution < 1.29 is 13.6 Å². The van der Waals surface area contributed by atoms with Gasteiger partial charge in [0.15, 0.2) is 0 Å². The molecule has 0 spiro atoms. The van der Waals surface area contributed by atoms with E-state index >= 15 is 0 Å². The highest BCUT2D eigenvalue weighted by molar-refractivity contribution is 5.95. The monoisotopic (exact) mass is 284 g/mol. The topological polar surface area (TPSA) is 46.3 Å². The zero-order valence-electron chi connectivity index (χ0n) is 12.2. The first kappa shape index (κ1) is 16.4. The van der Waals surface area contributed by atoms with E-state index in [2.05, 4.69) is 13.8 Å². The van der Waals surface area contributed by atoms with E-state index in [4.69, 9.17) is 5.73 Å². The first-order chi connectivity index (χ1) is 9.44. The summed E-state index contributed by atoms with van der Waals surface area (Å²) in [6, 6.07) is 1.73. The van der Waals surface area contributed by atoms with Gasteiger partial charge in [-0.05, 0) is 18.9 Å². The molecule has 0 bridgehead atoms. The third kappa shape index (κ3) is 3.68. The van der Waals surface area contributed by atoms with E-state index in [-0.39, 0.29) is 11.3 Å². The third-order valence-corrected chi connectivity index (χ3v) is 3.62. The summed E-state index contributed by atoms with van der Waals surface area (Å²) in [4.78, 5) is 13.9. The minimum absolute atomic E-state index is 0.170. The van der Waals surface area contributed by atoms with Crippen LogP contribution in [0.4, 0.5) is 14.5 Å². The fourth-order valence-electron chi connectivity index (χ4n) is 2.11. The molecule has 0 atom stereocenters. The molecule has 1 aromatic rings. The number of anilines is 1. The van der Waals surface area contributed by atoms with Crippen molar-refractivity contribution in [2.24, 2.45) is 5.92 Å². The molecule has 20 heavy (non-hydrogen) atoms. The van der Waals surface area contributed by atoms with Gasteiger partial charge >= 0.3 is 0 Å². The molecule has 0 saturated carbocycles. The summed E-state index contributed by atoms with van der Waals surface area (Å²) in [6.45, 7) is 7.00. The Labute approximate surface area is 118 Å². The highest BCUT2D eigenvalue weighted by Gasteiger charge is 2.21. The average Bonchev–Trinajstić information content (AvgIpc) is 2.43. The van der Waals surface area contributed by atoms with Crippen molar-refractivity contribution in [2.75, 3.05) is 18.8 Å². The Balaban J connectivity index is 2.99. The van der Waals surface area contributed by atoms with Crippen LogP contribution in [0.15, 0.2) is 12.1 Å². The lowest BCUT2D eigenvalue weighted by molar-refractivity contribution is 0.0730. The number of nitrogens with two attached hydrogens (primary N) is 1. The summed E-state index contributed by atoms with van der Waals surface area (Å²) in [6.07, 6.45) is 1.91. The quantitative estimate of drug-likeness (QED) is 0.813. The van der Waals surface area contributed by atoms with Crippen LogP contribution in [-0.2, 0) is 0 Å². The maximum absolute atomic E-state index is 13.7. The largest absolute Gasteiger partial charge is 0.396 e. The predicted octanol–water partition coefficient (Wildman–Crippen LogP) is 3.45. The van der Waals surface area contributed by atoms with Crippen LogP contribution in [0.2, 0.25) is 0 Å². The number of nitrogen functional groups attached to an aromatic ring is 1. The highest BCUT2D eigenvalue weighted by Crippen LogP contribution is 2.19. The summed E-state index contributed by atoms with van der Waals surface area (Å²) in [5.74, 6) is -1.78. The van der Waals surface area contributed by atoms with Gasteiger partial charge < -0.3 is 10.6 Å². The van der Waals surface area contributed by atoms with Crippen LogP contribution in [0, 0.1) is 17.6 Å². The molecule has 0 aliphatic rings. The minimum atomic E-state index is -0.871. The molecule has 0 aromatic heterocycles. The van der Waals surface area contributed by atoms with Gasteiger partial charge in [0.25, 0.3) is 5.91 Å². The zero-order chi connectivity index (χ0) is 15.3. The van der Waals surface area contributed by atoms with Crippen LogP contribution < -0.4 is 5.73 Å². The fraction of sp³-hybridized carbons (Fsp3) is 0.533. The van der Waals surface area contributed by atoms with Gasteiger partial charge in [-0.2, -0.15) is 0 Å². The maximum atomic E-state index is 13.7. The van der Waals surface area contributed by atoms with E-state index in [1.807, 2.05) is 6.92 Å². The summed E-state index contributed by atoms with van der Waals surface area (Å²) >= 11 is 0. The summed E-state index contributed by atoms with van der Waals surface area (Å²) in [7, 11) is 0. The van der Waals surface area contributed by atoms with Gasteiger partial charge in [-0.1, -0.05) is 26.7 Å². The van der Waals surface area contributed by atoms with Crippen molar-refractivity contribution in [1.82, 2.24) is 4.90 Å². The second kappa shape index (κ2) is 7.22. The molecule has 0 saturated heterocycles. The smallest absolute Gasteiger partial charge is 0.256 e.